The summed E-state index contributed by atoms with van der Waals surface area (Å²) in [5, 5.41) is 20.3. The molecule has 1 saturated heterocycles. The van der Waals surface area contributed by atoms with Crippen LogP contribution in [0.1, 0.15) is 5.56 Å². The highest BCUT2D eigenvalue weighted by molar-refractivity contribution is 7.89. The maximum Gasteiger partial charge on any atom is 0.415 e. The summed E-state index contributed by atoms with van der Waals surface area (Å²) in [6.07, 6.45) is -6.38. The summed E-state index contributed by atoms with van der Waals surface area (Å²) in [7, 11) is -4.66. The molecule has 180 valence electrons. The highest BCUT2D eigenvalue weighted by Crippen LogP contribution is 2.38. The molecule has 0 amide bonds. The Morgan fingerprint density at radius 2 is 1.76 bits per heavy atom. The van der Waals surface area contributed by atoms with Crippen LogP contribution in [0.2, 0.25) is 0 Å². The largest absolute Gasteiger partial charge is 0.486 e. The molecule has 0 bridgehead atoms. The van der Waals surface area contributed by atoms with E-state index in [2.05, 4.69) is 9.69 Å². The van der Waals surface area contributed by atoms with Gasteiger partial charge in [0.05, 0.1) is 31.2 Å². The zero-order valence-corrected chi connectivity index (χ0v) is 17.7. The molecule has 2 atom stereocenters. The number of nitrogens with zero attached hydrogens (tertiary/aromatic N) is 3. The summed E-state index contributed by atoms with van der Waals surface area (Å²) in [6, 6.07) is 2.73. The number of rotatable bonds is 5. The van der Waals surface area contributed by atoms with Gasteiger partial charge in [-0.3, -0.25) is 0 Å². The van der Waals surface area contributed by atoms with Crippen LogP contribution >= 0.6 is 0 Å². The molecule has 0 aromatic heterocycles. The molecule has 0 unspecified atom stereocenters. The maximum atomic E-state index is 13.9. The van der Waals surface area contributed by atoms with Gasteiger partial charge in [0.1, 0.15) is 29.1 Å². The van der Waals surface area contributed by atoms with E-state index in [1.54, 1.807) is 0 Å². The minimum atomic E-state index is -4.82. The molecular weight excluding hydrogens is 489 g/mol. The van der Waals surface area contributed by atoms with Gasteiger partial charge in [0, 0.05) is 24.2 Å². The third-order valence-corrected chi connectivity index (χ3v) is 6.96. The lowest BCUT2D eigenvalue weighted by atomic mass is 10.0. The second-order valence-corrected chi connectivity index (χ2v) is 9.21. The van der Waals surface area contributed by atoms with Crippen molar-refractivity contribution in [1.29, 1.82) is 0 Å². The minimum Gasteiger partial charge on any atom is -0.486 e. The Morgan fingerprint density at radius 3 is 2.26 bits per heavy atom. The van der Waals surface area contributed by atoms with Gasteiger partial charge in [0.15, 0.2) is 0 Å². The number of halogens is 5. The van der Waals surface area contributed by atoms with Crippen molar-refractivity contribution >= 4 is 21.4 Å². The van der Waals surface area contributed by atoms with Gasteiger partial charge >= 0.3 is 6.18 Å². The van der Waals surface area contributed by atoms with E-state index in [0.29, 0.717) is 34.6 Å². The van der Waals surface area contributed by atoms with Crippen LogP contribution in [0.25, 0.3) is 9.69 Å². The molecule has 34 heavy (non-hydrogen) atoms. The highest BCUT2D eigenvalue weighted by atomic mass is 32.2. The summed E-state index contributed by atoms with van der Waals surface area (Å²) in [5.41, 5.74) is -5.22. The number of aliphatic hydroxyl groups excluding tert-OH is 1. The van der Waals surface area contributed by atoms with Gasteiger partial charge in [-0.25, -0.2) is 26.9 Å². The van der Waals surface area contributed by atoms with Crippen LogP contribution in [0.3, 0.4) is 0 Å². The summed E-state index contributed by atoms with van der Waals surface area (Å²) >= 11 is 0. The summed E-state index contributed by atoms with van der Waals surface area (Å²) in [5.74, 6) is -3.05. The van der Waals surface area contributed by atoms with Gasteiger partial charge in [-0.2, -0.15) is 17.5 Å². The molecule has 8 nitrogen and oxygen atoms in total. The van der Waals surface area contributed by atoms with Crippen LogP contribution in [0, 0.1) is 24.8 Å². The molecule has 0 aliphatic carbocycles. The summed E-state index contributed by atoms with van der Waals surface area (Å²) < 4.78 is 98.6. The van der Waals surface area contributed by atoms with Gasteiger partial charge < -0.3 is 14.9 Å². The molecule has 1 aliphatic rings. The number of aliphatic hydroxyl groups is 2. The molecule has 0 saturated carbocycles. The predicted octanol–water partition coefficient (Wildman–Crippen LogP) is 3.26. The van der Waals surface area contributed by atoms with Crippen molar-refractivity contribution in [3.63, 3.8) is 0 Å². The van der Waals surface area contributed by atoms with Gasteiger partial charge in [-0.15, -0.1) is 0 Å². The van der Waals surface area contributed by atoms with E-state index in [0.717, 1.165) is 0 Å². The first-order valence-corrected chi connectivity index (χ1v) is 10.7. The van der Waals surface area contributed by atoms with Crippen LogP contribution in [0.4, 0.5) is 33.3 Å². The van der Waals surface area contributed by atoms with Crippen LogP contribution in [0.15, 0.2) is 35.2 Å². The second kappa shape index (κ2) is 8.81. The third-order valence-electron chi connectivity index (χ3n) is 5.10. The standard InChI is InChI=1S/C20H14F5N3O5S/c1-26-15-5-11(20(23,24)25)3-4-16(15)34(31,32)28-8-17(19(30,9-28)10-29)33-12-6-13(21)18(27-2)14(22)7-12/h3-7,17,29-30H,8-10H2/t17-,19+/m0/s1. The molecule has 1 fully saturated rings. The first-order chi connectivity index (χ1) is 15.8. The summed E-state index contributed by atoms with van der Waals surface area (Å²) in [4.78, 5) is 4.76. The van der Waals surface area contributed by atoms with Crippen molar-refractivity contribution in [2.24, 2.45) is 0 Å². The second-order valence-electron chi connectivity index (χ2n) is 7.31. The van der Waals surface area contributed by atoms with Crippen LogP contribution in [-0.4, -0.2) is 54.3 Å². The van der Waals surface area contributed by atoms with E-state index in [1.807, 2.05) is 0 Å². The van der Waals surface area contributed by atoms with E-state index in [4.69, 9.17) is 17.9 Å². The van der Waals surface area contributed by atoms with Crippen molar-refractivity contribution in [3.05, 3.63) is 70.4 Å². The Hall–Kier alpha value is -3.30. The number of benzene rings is 2. The zero-order valence-electron chi connectivity index (χ0n) is 16.8. The molecule has 0 spiro atoms. The van der Waals surface area contributed by atoms with Crippen molar-refractivity contribution in [2.75, 3.05) is 19.7 Å². The number of hydrogen-bond acceptors (Lipinski definition) is 5. The average Bonchev–Trinajstić information content (AvgIpc) is 3.10. The Balaban J connectivity index is 1.96. The van der Waals surface area contributed by atoms with Gasteiger partial charge in [0.25, 0.3) is 5.69 Å². The lowest BCUT2D eigenvalue weighted by Gasteiger charge is -2.27. The molecule has 2 aromatic rings. The number of sulfonamides is 1. The lowest BCUT2D eigenvalue weighted by molar-refractivity contribution is -0.137. The normalized spacial score (nSPS) is 21.1. The van der Waals surface area contributed by atoms with Gasteiger partial charge in [-0.05, 0) is 6.07 Å². The fraction of sp³-hybridized carbons (Fsp3) is 0.300. The molecular formula is C20H14F5N3O5S. The number of ether oxygens (including phenoxy) is 1. The number of hydrogen-bond donors (Lipinski definition) is 2. The Labute approximate surface area is 190 Å². The van der Waals surface area contributed by atoms with E-state index in [-0.39, 0.29) is 0 Å². The molecule has 0 radical (unpaired) electrons. The lowest BCUT2D eigenvalue weighted by Crippen LogP contribution is -2.48. The molecule has 2 aromatic carbocycles. The van der Waals surface area contributed by atoms with E-state index < -0.39 is 86.8 Å². The number of alkyl halides is 3. The quantitative estimate of drug-likeness (QED) is 0.483. The third kappa shape index (κ3) is 4.53. The highest BCUT2D eigenvalue weighted by Gasteiger charge is 2.51. The minimum absolute atomic E-state index is 0.368. The van der Waals surface area contributed by atoms with E-state index in [1.165, 1.54) is 0 Å². The zero-order chi connectivity index (χ0) is 25.5. The van der Waals surface area contributed by atoms with Gasteiger partial charge in [0.2, 0.25) is 15.7 Å². The average molecular weight is 503 g/mol. The Morgan fingerprint density at radius 1 is 1.15 bits per heavy atom. The molecule has 2 N–H and O–H groups in total. The first-order valence-electron chi connectivity index (χ1n) is 9.22. The van der Waals surface area contributed by atoms with Crippen LogP contribution in [-0.2, 0) is 16.2 Å². The molecule has 1 aliphatic heterocycles. The Bertz CT molecular complexity index is 1300. The topological polar surface area (TPSA) is 95.8 Å². The van der Waals surface area contributed by atoms with Gasteiger partial charge in [-0.1, -0.05) is 12.1 Å². The van der Waals surface area contributed by atoms with Crippen LogP contribution in [0.5, 0.6) is 5.75 Å². The van der Waals surface area contributed by atoms with E-state index >= 15 is 0 Å². The first kappa shape index (κ1) is 25.3. The smallest absolute Gasteiger partial charge is 0.415 e. The van der Waals surface area contributed by atoms with Crippen molar-refractivity contribution in [1.82, 2.24) is 4.31 Å². The molecule has 1 heterocycles. The predicted molar refractivity (Wildman–Crippen MR) is 106 cm³/mol. The van der Waals surface area contributed by atoms with E-state index in [9.17, 15) is 40.6 Å². The molecule has 3 rings (SSSR count). The maximum absolute atomic E-state index is 13.9. The monoisotopic (exact) mass is 503 g/mol. The van der Waals surface area contributed by atoms with Crippen molar-refractivity contribution < 1.29 is 45.3 Å². The Kier molecular flexibility index (Phi) is 6.56. The molecule has 14 heteroatoms. The number of β-amino-alcohol motifs (C(OH)–C–C–N with tert-alkyl or cyclic N) is 1. The fourth-order valence-corrected chi connectivity index (χ4v) is 4.94. The SMILES string of the molecule is [C-]#[N+]c1cc(C(F)(F)F)ccc1S(=O)(=O)N1C[C@H](Oc2cc(F)c([N+]#[C-])c(F)c2)[C@](O)(CO)C1. The van der Waals surface area contributed by atoms with Crippen molar-refractivity contribution in [2.45, 2.75) is 22.8 Å². The summed E-state index contributed by atoms with van der Waals surface area (Å²) in [6.45, 7) is 11.3. The fourth-order valence-electron chi connectivity index (χ4n) is 3.33. The van der Waals surface area contributed by atoms with Crippen molar-refractivity contribution in [3.8, 4) is 5.75 Å². The van der Waals surface area contributed by atoms with Crippen LogP contribution < -0.4 is 4.74 Å².